The molecule has 204 valence electrons. The molecule has 7 nitrogen and oxygen atoms in total. The molecule has 0 unspecified atom stereocenters. The van der Waals surface area contributed by atoms with Crippen LogP contribution in [0.5, 0.6) is 0 Å². The molecule has 5 aliphatic carbocycles. The van der Waals surface area contributed by atoms with Crippen molar-refractivity contribution in [2.45, 2.75) is 102 Å². The maximum Gasteiger partial charge on any atom is 0.408 e. The number of alkyl carbamates (subject to hydrolysis) is 1. The monoisotopic (exact) mass is 517 g/mol. The molecule has 3 N–H and O–H groups in total. The van der Waals surface area contributed by atoms with Gasteiger partial charge in [0.15, 0.2) is 17.1 Å². The minimum atomic E-state index is -2.04. The maximum absolute atomic E-state index is 17.4. The van der Waals surface area contributed by atoms with Gasteiger partial charge in [-0.3, -0.25) is 9.59 Å². The van der Waals surface area contributed by atoms with Crippen LogP contribution < -0.4 is 5.32 Å². The molecule has 4 saturated carbocycles. The molecule has 0 aromatic heterocycles. The standard InChI is InChI=1S/C29H40FNO6/c1-17-13-22-21-10-9-18-14-20(33)11-12-26(18,2)28(21,30)23(34)15-27(22,3)29(17,24(35)16-32)37-25(36)31-19-7-5-4-6-8-19/h11-12,14,17,19,21-23,32,34H,4-10,13,15-16H2,1-3H3,(H,31,36)/t17-,21-,22-,23-,26-,27-,28-,29-/m0/s1. The van der Waals surface area contributed by atoms with Crippen LogP contribution >= 0.6 is 0 Å². The molecular formula is C29H40FNO6. The zero-order chi connectivity index (χ0) is 26.8. The van der Waals surface area contributed by atoms with Crippen molar-refractivity contribution in [2.75, 3.05) is 6.61 Å². The van der Waals surface area contributed by atoms with Crippen LogP contribution in [-0.4, -0.2) is 57.9 Å². The van der Waals surface area contributed by atoms with Gasteiger partial charge in [-0.1, -0.05) is 44.8 Å². The first-order chi connectivity index (χ1) is 17.4. The first kappa shape index (κ1) is 26.5. The van der Waals surface area contributed by atoms with Crippen molar-refractivity contribution in [1.82, 2.24) is 5.32 Å². The molecule has 8 heteroatoms. The second kappa shape index (κ2) is 9.01. The largest absolute Gasteiger partial charge is 0.434 e. The molecule has 0 radical (unpaired) electrons. The fourth-order valence-corrected chi connectivity index (χ4v) is 9.11. The first-order valence-corrected chi connectivity index (χ1v) is 13.9. The van der Waals surface area contributed by atoms with Gasteiger partial charge in [-0.2, -0.15) is 0 Å². The molecule has 5 rings (SSSR count). The molecule has 0 aromatic rings. The van der Waals surface area contributed by atoms with Gasteiger partial charge in [0.25, 0.3) is 0 Å². The third-order valence-electron chi connectivity index (χ3n) is 10.9. The lowest BCUT2D eigenvalue weighted by atomic mass is 9.44. The quantitative estimate of drug-likeness (QED) is 0.520. The summed E-state index contributed by atoms with van der Waals surface area (Å²) in [5.74, 6) is -2.22. The van der Waals surface area contributed by atoms with E-state index in [1.807, 2.05) is 13.8 Å². The van der Waals surface area contributed by atoms with Crippen molar-refractivity contribution < 1.29 is 33.7 Å². The lowest BCUT2D eigenvalue weighted by molar-refractivity contribution is -0.219. The molecule has 37 heavy (non-hydrogen) atoms. The van der Waals surface area contributed by atoms with Gasteiger partial charge in [0, 0.05) is 28.7 Å². The van der Waals surface area contributed by atoms with Crippen molar-refractivity contribution in [3.05, 3.63) is 23.8 Å². The molecule has 0 heterocycles. The Bertz CT molecular complexity index is 1050. The number of Topliss-reactive ketones (excluding diaryl/α,β-unsaturated/α-hetero) is 1. The fraction of sp³-hybridized carbons (Fsp3) is 0.759. The highest BCUT2D eigenvalue weighted by atomic mass is 19.1. The van der Waals surface area contributed by atoms with Crippen LogP contribution in [0.1, 0.15) is 78.6 Å². The molecule has 8 atom stereocenters. The zero-order valence-electron chi connectivity index (χ0n) is 22.1. The predicted molar refractivity (Wildman–Crippen MR) is 134 cm³/mol. The summed E-state index contributed by atoms with van der Waals surface area (Å²) in [6.07, 6.45) is 8.45. The summed E-state index contributed by atoms with van der Waals surface area (Å²) in [7, 11) is 0. The van der Waals surface area contributed by atoms with Crippen LogP contribution in [0.2, 0.25) is 0 Å². The summed E-state index contributed by atoms with van der Waals surface area (Å²) in [4.78, 5) is 38.8. The van der Waals surface area contributed by atoms with Crippen LogP contribution in [0.15, 0.2) is 23.8 Å². The van der Waals surface area contributed by atoms with E-state index in [-0.39, 0.29) is 24.2 Å². The third-order valence-corrected chi connectivity index (χ3v) is 10.9. The average Bonchev–Trinajstić information content (AvgIpc) is 3.07. The van der Waals surface area contributed by atoms with E-state index in [1.54, 1.807) is 13.0 Å². The van der Waals surface area contributed by atoms with Crippen molar-refractivity contribution in [2.24, 2.45) is 28.6 Å². The number of halogens is 1. The van der Waals surface area contributed by atoms with Crippen molar-refractivity contribution in [3.63, 3.8) is 0 Å². The van der Waals surface area contributed by atoms with Gasteiger partial charge in [0.05, 0.1) is 6.10 Å². The number of alkyl halides is 1. The molecule has 0 bridgehead atoms. The van der Waals surface area contributed by atoms with Crippen molar-refractivity contribution in [1.29, 1.82) is 0 Å². The van der Waals surface area contributed by atoms with Gasteiger partial charge in [-0.05, 0) is 63.5 Å². The number of aliphatic hydroxyl groups is 2. The summed E-state index contributed by atoms with van der Waals surface area (Å²) in [6, 6.07) is -0.0254. The van der Waals surface area contributed by atoms with E-state index in [4.69, 9.17) is 4.74 Å². The minimum absolute atomic E-state index is 0.0254. The van der Waals surface area contributed by atoms with Gasteiger partial charge in [0.2, 0.25) is 5.78 Å². The number of rotatable bonds is 4. The molecule has 0 saturated heterocycles. The number of ketones is 2. The number of aliphatic hydroxyl groups excluding tert-OH is 2. The number of ether oxygens (including phenoxy) is 1. The van der Waals surface area contributed by atoms with Gasteiger partial charge in [0.1, 0.15) is 6.61 Å². The predicted octanol–water partition coefficient (Wildman–Crippen LogP) is 3.96. The average molecular weight is 518 g/mol. The highest BCUT2D eigenvalue weighted by Gasteiger charge is 2.77. The molecule has 5 aliphatic rings. The fourth-order valence-electron chi connectivity index (χ4n) is 9.11. The van der Waals surface area contributed by atoms with Crippen LogP contribution in [0.25, 0.3) is 0 Å². The maximum atomic E-state index is 17.4. The topological polar surface area (TPSA) is 113 Å². The van der Waals surface area contributed by atoms with Gasteiger partial charge < -0.3 is 20.3 Å². The molecule has 0 aliphatic heterocycles. The smallest absolute Gasteiger partial charge is 0.408 e. The second-order valence-electron chi connectivity index (χ2n) is 12.6. The van der Waals surface area contributed by atoms with E-state index in [9.17, 15) is 24.6 Å². The highest BCUT2D eigenvalue weighted by molar-refractivity contribution is 6.01. The number of hydrogen-bond donors (Lipinski definition) is 3. The minimum Gasteiger partial charge on any atom is -0.434 e. The molecule has 4 fully saturated rings. The van der Waals surface area contributed by atoms with Crippen LogP contribution in [0.4, 0.5) is 9.18 Å². The van der Waals surface area contributed by atoms with Crippen molar-refractivity contribution >= 4 is 17.7 Å². The Morgan fingerprint density at radius 3 is 2.54 bits per heavy atom. The van der Waals surface area contributed by atoms with Gasteiger partial charge in [-0.25, -0.2) is 9.18 Å². The third kappa shape index (κ3) is 3.54. The first-order valence-electron chi connectivity index (χ1n) is 13.9. The Morgan fingerprint density at radius 1 is 1.16 bits per heavy atom. The number of fused-ring (bicyclic) bond motifs is 5. The van der Waals surface area contributed by atoms with Crippen LogP contribution in [0.3, 0.4) is 0 Å². The van der Waals surface area contributed by atoms with E-state index in [0.717, 1.165) is 32.1 Å². The van der Waals surface area contributed by atoms with E-state index in [2.05, 4.69) is 5.32 Å². The number of amides is 1. The van der Waals surface area contributed by atoms with E-state index >= 15 is 4.39 Å². The van der Waals surface area contributed by atoms with Crippen LogP contribution in [0, 0.1) is 28.6 Å². The SMILES string of the molecule is C[C@H]1C[C@H]2[C@@H]3CCC4=CC(=O)C=C[C@]4(C)[C@@]3(F)[C@@H](O)C[C@]2(C)[C@@]1(OC(=O)NC1CCCCC1)C(=O)CO. The van der Waals surface area contributed by atoms with Crippen LogP contribution in [-0.2, 0) is 14.3 Å². The highest BCUT2D eigenvalue weighted by Crippen LogP contribution is 2.71. The lowest BCUT2D eigenvalue weighted by Crippen LogP contribution is -2.70. The van der Waals surface area contributed by atoms with Gasteiger partial charge >= 0.3 is 6.09 Å². The molecule has 1 amide bonds. The van der Waals surface area contributed by atoms with Crippen molar-refractivity contribution in [3.8, 4) is 0 Å². The van der Waals surface area contributed by atoms with E-state index in [0.29, 0.717) is 24.8 Å². The summed E-state index contributed by atoms with van der Waals surface area (Å²) in [6.45, 7) is 4.59. The normalized spacial score (nSPS) is 45.4. The Labute approximate surface area is 217 Å². The summed E-state index contributed by atoms with van der Waals surface area (Å²) >= 11 is 0. The number of allylic oxidation sites excluding steroid dienone is 4. The number of carbonyl (C=O) groups excluding carboxylic acids is 3. The second-order valence-corrected chi connectivity index (χ2v) is 12.6. The Morgan fingerprint density at radius 2 is 1.86 bits per heavy atom. The lowest BCUT2D eigenvalue weighted by Gasteiger charge is -2.62. The Hall–Kier alpha value is -2.06. The molecular weight excluding hydrogens is 477 g/mol. The Balaban J connectivity index is 1.52. The summed E-state index contributed by atoms with van der Waals surface area (Å²) < 4.78 is 23.5. The van der Waals surface area contributed by atoms with E-state index in [1.165, 1.54) is 12.2 Å². The molecule has 0 aromatic carbocycles. The number of hydrogen-bond acceptors (Lipinski definition) is 6. The number of nitrogens with one attached hydrogen (secondary N) is 1. The van der Waals surface area contributed by atoms with Gasteiger partial charge in [-0.15, -0.1) is 0 Å². The summed E-state index contributed by atoms with van der Waals surface area (Å²) in [5.41, 5.74) is -5.24. The zero-order valence-corrected chi connectivity index (χ0v) is 22.1. The van der Waals surface area contributed by atoms with E-state index < -0.39 is 58.5 Å². The Kier molecular flexibility index (Phi) is 6.46. The molecule has 0 spiro atoms. The number of carbonyl (C=O) groups is 3. The summed E-state index contributed by atoms with van der Waals surface area (Å²) in [5, 5.41) is 24.5.